The van der Waals surface area contributed by atoms with E-state index in [0.717, 1.165) is 25.8 Å². The molecule has 2 aliphatic rings. The van der Waals surface area contributed by atoms with Crippen molar-refractivity contribution in [2.75, 3.05) is 13.1 Å². The molecule has 1 N–H and O–H groups in total. The number of rotatable bonds is 5. The second-order valence-corrected chi connectivity index (χ2v) is 7.77. The number of hydrogen-bond acceptors (Lipinski definition) is 5. The Balaban J connectivity index is 1.37. The smallest absolute Gasteiger partial charge is 0.291 e. The maximum Gasteiger partial charge on any atom is 0.291 e. The van der Waals surface area contributed by atoms with Gasteiger partial charge < -0.3 is 10.2 Å². The van der Waals surface area contributed by atoms with Crippen molar-refractivity contribution in [1.82, 2.24) is 25.4 Å². The molecular formula is C19H23N5O2. The van der Waals surface area contributed by atoms with Gasteiger partial charge in [-0.3, -0.25) is 9.59 Å². The molecule has 1 aliphatic heterocycles. The molecule has 1 unspecified atom stereocenters. The standard InChI is InChI=1S/C19H23N5O2/c1-19(2,12-7-8-12)18(26)24-10-9-13(24)11-20-17(25)16-21-14-5-3-4-6-15(14)22-23-16/h3-6,12-13H,7-11H2,1-2H3,(H,20,25). The highest BCUT2D eigenvalue weighted by Crippen LogP contribution is 2.47. The molecular weight excluding hydrogens is 330 g/mol. The summed E-state index contributed by atoms with van der Waals surface area (Å²) in [4.78, 5) is 31.3. The summed E-state index contributed by atoms with van der Waals surface area (Å²) in [7, 11) is 0. The van der Waals surface area contributed by atoms with Gasteiger partial charge in [-0.2, -0.15) is 0 Å². The summed E-state index contributed by atoms with van der Waals surface area (Å²) in [5, 5.41) is 10.8. The summed E-state index contributed by atoms with van der Waals surface area (Å²) >= 11 is 0. The maximum atomic E-state index is 12.8. The predicted octanol–water partition coefficient (Wildman–Crippen LogP) is 1.79. The number of carbonyl (C=O) groups is 2. The van der Waals surface area contributed by atoms with E-state index in [1.807, 2.05) is 30.9 Å². The van der Waals surface area contributed by atoms with Crippen molar-refractivity contribution in [3.63, 3.8) is 0 Å². The van der Waals surface area contributed by atoms with Crippen molar-refractivity contribution < 1.29 is 9.59 Å². The van der Waals surface area contributed by atoms with Crippen LogP contribution in [0.25, 0.3) is 11.0 Å². The highest BCUT2D eigenvalue weighted by Gasteiger charge is 2.48. The fourth-order valence-corrected chi connectivity index (χ4v) is 3.54. The van der Waals surface area contributed by atoms with E-state index in [-0.39, 0.29) is 29.1 Å². The molecule has 2 amide bonds. The van der Waals surface area contributed by atoms with E-state index in [1.54, 1.807) is 12.1 Å². The van der Waals surface area contributed by atoms with E-state index in [9.17, 15) is 9.59 Å². The number of amides is 2. The first-order valence-electron chi connectivity index (χ1n) is 9.15. The zero-order valence-electron chi connectivity index (χ0n) is 15.1. The van der Waals surface area contributed by atoms with Crippen LogP contribution in [0.5, 0.6) is 0 Å². The van der Waals surface area contributed by atoms with Crippen LogP contribution in [-0.4, -0.2) is 51.0 Å². The van der Waals surface area contributed by atoms with Crippen LogP contribution in [0, 0.1) is 11.3 Å². The summed E-state index contributed by atoms with van der Waals surface area (Å²) in [6.45, 7) is 5.26. The van der Waals surface area contributed by atoms with Crippen LogP contribution in [0.4, 0.5) is 0 Å². The van der Waals surface area contributed by atoms with Gasteiger partial charge in [-0.15, -0.1) is 10.2 Å². The Morgan fingerprint density at radius 3 is 2.54 bits per heavy atom. The fraction of sp³-hybridized carbons (Fsp3) is 0.526. The van der Waals surface area contributed by atoms with Crippen LogP contribution in [0.15, 0.2) is 24.3 Å². The van der Waals surface area contributed by atoms with E-state index in [4.69, 9.17) is 0 Å². The molecule has 7 nitrogen and oxygen atoms in total. The molecule has 2 heterocycles. The molecule has 7 heteroatoms. The maximum absolute atomic E-state index is 12.8. The third kappa shape index (κ3) is 3.02. The molecule has 1 saturated heterocycles. The van der Waals surface area contributed by atoms with Gasteiger partial charge in [-0.05, 0) is 37.3 Å². The highest BCUT2D eigenvalue weighted by molar-refractivity contribution is 5.92. The van der Waals surface area contributed by atoms with E-state index in [0.29, 0.717) is 23.5 Å². The summed E-state index contributed by atoms with van der Waals surface area (Å²) in [5.41, 5.74) is 0.995. The average molecular weight is 353 g/mol. The molecule has 1 aliphatic carbocycles. The fourth-order valence-electron chi connectivity index (χ4n) is 3.54. The molecule has 0 radical (unpaired) electrons. The molecule has 2 aromatic rings. The van der Waals surface area contributed by atoms with Crippen molar-refractivity contribution in [2.45, 2.75) is 39.2 Å². The van der Waals surface area contributed by atoms with Gasteiger partial charge in [0, 0.05) is 18.5 Å². The monoisotopic (exact) mass is 353 g/mol. The van der Waals surface area contributed by atoms with Crippen molar-refractivity contribution >= 4 is 22.8 Å². The molecule has 1 aromatic carbocycles. The zero-order chi connectivity index (χ0) is 18.3. The first-order valence-corrected chi connectivity index (χ1v) is 9.15. The van der Waals surface area contributed by atoms with Crippen LogP contribution in [0.2, 0.25) is 0 Å². The minimum Gasteiger partial charge on any atom is -0.347 e. The SMILES string of the molecule is CC(C)(C(=O)N1CCC1CNC(=O)c1nnc2ccccc2n1)C1CC1. The molecule has 0 spiro atoms. The number of aromatic nitrogens is 3. The second-order valence-electron chi connectivity index (χ2n) is 7.77. The molecule has 136 valence electrons. The molecule has 26 heavy (non-hydrogen) atoms. The molecule has 0 bridgehead atoms. The van der Waals surface area contributed by atoms with Crippen molar-refractivity contribution in [2.24, 2.45) is 11.3 Å². The van der Waals surface area contributed by atoms with Gasteiger partial charge in [0.1, 0.15) is 5.52 Å². The summed E-state index contributed by atoms with van der Waals surface area (Å²) < 4.78 is 0. The van der Waals surface area contributed by atoms with E-state index >= 15 is 0 Å². The van der Waals surface area contributed by atoms with Gasteiger partial charge in [0.15, 0.2) is 0 Å². The van der Waals surface area contributed by atoms with E-state index < -0.39 is 0 Å². The predicted molar refractivity (Wildman–Crippen MR) is 96.3 cm³/mol. The van der Waals surface area contributed by atoms with Crippen molar-refractivity contribution in [3.8, 4) is 0 Å². The minimum atomic E-state index is -0.357. The molecule has 1 aromatic heterocycles. The van der Waals surface area contributed by atoms with Crippen LogP contribution in [0.3, 0.4) is 0 Å². The number of hydrogen-bond donors (Lipinski definition) is 1. The molecule has 1 atom stereocenters. The highest BCUT2D eigenvalue weighted by atomic mass is 16.2. The van der Waals surface area contributed by atoms with Crippen molar-refractivity contribution in [1.29, 1.82) is 0 Å². The lowest BCUT2D eigenvalue weighted by Gasteiger charge is -2.45. The normalized spacial score (nSPS) is 19.9. The zero-order valence-corrected chi connectivity index (χ0v) is 15.1. The Bertz CT molecular complexity index is 862. The minimum absolute atomic E-state index is 0.0536. The second kappa shape index (κ2) is 6.30. The topological polar surface area (TPSA) is 88.1 Å². The number of benzene rings is 1. The summed E-state index contributed by atoms with van der Waals surface area (Å²) in [6.07, 6.45) is 3.18. The lowest BCUT2D eigenvalue weighted by Crippen LogP contribution is -2.59. The molecule has 2 fully saturated rings. The van der Waals surface area contributed by atoms with Crippen LogP contribution in [-0.2, 0) is 4.79 Å². The van der Waals surface area contributed by atoms with Gasteiger partial charge in [0.05, 0.1) is 11.6 Å². The third-order valence-corrected chi connectivity index (χ3v) is 5.62. The summed E-state index contributed by atoms with van der Waals surface area (Å²) in [5.74, 6) is 0.403. The number of fused-ring (bicyclic) bond motifs is 1. The van der Waals surface area contributed by atoms with Gasteiger partial charge in [0.2, 0.25) is 11.7 Å². The van der Waals surface area contributed by atoms with Crippen LogP contribution >= 0.6 is 0 Å². The number of nitrogens with zero attached hydrogens (tertiary/aromatic N) is 4. The third-order valence-electron chi connectivity index (χ3n) is 5.62. The number of likely N-dealkylation sites (tertiary alicyclic amines) is 1. The van der Waals surface area contributed by atoms with Crippen LogP contribution < -0.4 is 5.32 Å². The summed E-state index contributed by atoms with van der Waals surface area (Å²) in [6, 6.07) is 7.35. The first-order chi connectivity index (χ1) is 12.5. The van der Waals surface area contributed by atoms with Gasteiger partial charge in [-0.25, -0.2) is 4.98 Å². The Morgan fingerprint density at radius 2 is 1.88 bits per heavy atom. The largest absolute Gasteiger partial charge is 0.347 e. The lowest BCUT2D eigenvalue weighted by molar-refractivity contribution is -0.149. The Labute approximate surface area is 152 Å². The van der Waals surface area contributed by atoms with Gasteiger partial charge in [0.25, 0.3) is 5.91 Å². The number of carbonyl (C=O) groups excluding carboxylic acids is 2. The van der Waals surface area contributed by atoms with E-state index in [2.05, 4.69) is 20.5 Å². The quantitative estimate of drug-likeness (QED) is 0.885. The lowest BCUT2D eigenvalue weighted by atomic mass is 9.83. The number of para-hydroxylation sites is 1. The molecule has 4 rings (SSSR count). The molecule has 1 saturated carbocycles. The van der Waals surface area contributed by atoms with E-state index in [1.165, 1.54) is 0 Å². The van der Waals surface area contributed by atoms with Crippen LogP contribution in [0.1, 0.15) is 43.7 Å². The van der Waals surface area contributed by atoms with Gasteiger partial charge >= 0.3 is 0 Å². The Morgan fingerprint density at radius 1 is 1.15 bits per heavy atom. The van der Waals surface area contributed by atoms with Gasteiger partial charge in [-0.1, -0.05) is 26.0 Å². The van der Waals surface area contributed by atoms with Crippen molar-refractivity contribution in [3.05, 3.63) is 30.1 Å². The Kier molecular flexibility index (Phi) is 4.09. The number of nitrogens with one attached hydrogen (secondary N) is 1. The first kappa shape index (κ1) is 16.9. The average Bonchev–Trinajstić information content (AvgIpc) is 3.46. The Hall–Kier alpha value is -2.57.